The first-order valence-corrected chi connectivity index (χ1v) is 10.6. The number of carbonyl (C=O) groups excluding carboxylic acids is 2. The summed E-state index contributed by atoms with van der Waals surface area (Å²) in [6.45, 7) is 7.15. The number of aromatic nitrogens is 2. The van der Waals surface area contributed by atoms with Crippen molar-refractivity contribution < 1.29 is 14.3 Å². The number of rotatable bonds is 8. The normalized spacial score (nSPS) is 13.6. The van der Waals surface area contributed by atoms with Crippen LogP contribution in [0.4, 0.5) is 16.4 Å². The van der Waals surface area contributed by atoms with Gasteiger partial charge in [-0.25, -0.2) is 9.78 Å². The van der Waals surface area contributed by atoms with E-state index in [1.54, 1.807) is 17.0 Å². The second-order valence-corrected chi connectivity index (χ2v) is 7.47. The number of nitrogens with zero attached hydrogens (tertiary/aromatic N) is 3. The van der Waals surface area contributed by atoms with Crippen LogP contribution in [0, 0.1) is 6.92 Å². The summed E-state index contributed by atoms with van der Waals surface area (Å²) in [6, 6.07) is 13.1. The number of amides is 3. The highest BCUT2D eigenvalue weighted by Gasteiger charge is 2.23. The minimum absolute atomic E-state index is 0.110. The lowest BCUT2D eigenvalue weighted by molar-refractivity contribution is 0.102. The van der Waals surface area contributed by atoms with Crippen molar-refractivity contribution in [2.75, 3.05) is 36.5 Å². The summed E-state index contributed by atoms with van der Waals surface area (Å²) in [5.74, 6) is 0.283. The summed E-state index contributed by atoms with van der Waals surface area (Å²) >= 11 is 0. The Balaban J connectivity index is 1.55. The smallest absolute Gasteiger partial charge is 0.322 e. The van der Waals surface area contributed by atoms with E-state index in [4.69, 9.17) is 4.74 Å². The summed E-state index contributed by atoms with van der Waals surface area (Å²) in [4.78, 5) is 31.2. The average Bonchev–Trinajstić information content (AvgIpc) is 3.34. The lowest BCUT2D eigenvalue weighted by atomic mass is 10.1. The van der Waals surface area contributed by atoms with Gasteiger partial charge in [0.1, 0.15) is 0 Å². The van der Waals surface area contributed by atoms with Crippen molar-refractivity contribution in [1.82, 2.24) is 14.9 Å². The Kier molecular flexibility index (Phi) is 6.18. The molecule has 1 saturated heterocycles. The number of para-hydroxylation sites is 2. The SMILES string of the molecule is CCOCCCn1c(NC(=O)c2ccc(N3CCNC3=O)c(C)c2)nc2ccccc21. The molecule has 0 unspecified atom stereocenters. The molecule has 162 valence electrons. The number of aryl methyl sites for hydroxylation is 2. The van der Waals surface area contributed by atoms with Gasteiger partial charge in [0.25, 0.3) is 5.91 Å². The molecule has 8 nitrogen and oxygen atoms in total. The van der Waals surface area contributed by atoms with E-state index in [1.165, 1.54) is 0 Å². The third-order valence-corrected chi connectivity index (χ3v) is 5.36. The van der Waals surface area contributed by atoms with Crippen molar-refractivity contribution in [1.29, 1.82) is 0 Å². The Bertz CT molecular complexity index is 1110. The van der Waals surface area contributed by atoms with Crippen molar-refractivity contribution in [3.63, 3.8) is 0 Å². The molecule has 2 N–H and O–H groups in total. The van der Waals surface area contributed by atoms with Crippen LogP contribution in [-0.4, -0.2) is 47.8 Å². The third kappa shape index (κ3) is 4.39. The largest absolute Gasteiger partial charge is 0.382 e. The van der Waals surface area contributed by atoms with E-state index in [2.05, 4.69) is 15.6 Å². The molecule has 1 aliphatic heterocycles. The van der Waals surface area contributed by atoms with Gasteiger partial charge in [0.15, 0.2) is 0 Å². The second-order valence-electron chi connectivity index (χ2n) is 7.47. The van der Waals surface area contributed by atoms with E-state index in [1.807, 2.05) is 48.7 Å². The molecule has 0 spiro atoms. The highest BCUT2D eigenvalue weighted by atomic mass is 16.5. The molecule has 0 aliphatic carbocycles. The maximum absolute atomic E-state index is 13.0. The Morgan fingerprint density at radius 3 is 2.84 bits per heavy atom. The van der Waals surface area contributed by atoms with Crippen LogP contribution >= 0.6 is 0 Å². The van der Waals surface area contributed by atoms with E-state index in [0.29, 0.717) is 44.4 Å². The fourth-order valence-electron chi connectivity index (χ4n) is 3.84. The maximum atomic E-state index is 13.0. The average molecular weight is 422 g/mol. The van der Waals surface area contributed by atoms with Crippen LogP contribution in [0.3, 0.4) is 0 Å². The zero-order chi connectivity index (χ0) is 21.8. The monoisotopic (exact) mass is 421 g/mol. The Labute approximate surface area is 181 Å². The van der Waals surface area contributed by atoms with Gasteiger partial charge in [0.05, 0.1) is 11.0 Å². The fourth-order valence-corrected chi connectivity index (χ4v) is 3.84. The van der Waals surface area contributed by atoms with E-state index < -0.39 is 0 Å². The molecule has 2 aromatic carbocycles. The zero-order valence-corrected chi connectivity index (χ0v) is 17.9. The fraction of sp³-hybridized carbons (Fsp3) is 0.348. The molecule has 1 aliphatic rings. The van der Waals surface area contributed by atoms with Crippen LogP contribution in [0.25, 0.3) is 11.0 Å². The van der Waals surface area contributed by atoms with Crippen LogP contribution in [0.2, 0.25) is 0 Å². The molecular formula is C23H27N5O3. The molecule has 1 aromatic heterocycles. The number of urea groups is 1. The van der Waals surface area contributed by atoms with E-state index in [0.717, 1.165) is 28.7 Å². The zero-order valence-electron chi connectivity index (χ0n) is 17.9. The van der Waals surface area contributed by atoms with Gasteiger partial charge in [0.2, 0.25) is 5.95 Å². The number of carbonyl (C=O) groups is 2. The number of hydrogen-bond donors (Lipinski definition) is 2. The van der Waals surface area contributed by atoms with Crippen molar-refractivity contribution in [3.8, 4) is 0 Å². The van der Waals surface area contributed by atoms with Gasteiger partial charge < -0.3 is 14.6 Å². The molecule has 3 aromatic rings. The highest BCUT2D eigenvalue weighted by Crippen LogP contribution is 2.24. The quantitative estimate of drug-likeness (QED) is 0.545. The second kappa shape index (κ2) is 9.18. The van der Waals surface area contributed by atoms with Crippen LogP contribution in [0.5, 0.6) is 0 Å². The molecule has 2 heterocycles. The van der Waals surface area contributed by atoms with Gasteiger partial charge in [-0.15, -0.1) is 0 Å². The predicted octanol–water partition coefficient (Wildman–Crippen LogP) is 3.55. The molecule has 1 fully saturated rings. The van der Waals surface area contributed by atoms with Gasteiger partial charge in [-0.2, -0.15) is 0 Å². The highest BCUT2D eigenvalue weighted by molar-refractivity contribution is 6.05. The maximum Gasteiger partial charge on any atom is 0.322 e. The van der Waals surface area contributed by atoms with E-state index in [9.17, 15) is 9.59 Å². The number of anilines is 2. The van der Waals surface area contributed by atoms with Gasteiger partial charge >= 0.3 is 6.03 Å². The number of fused-ring (bicyclic) bond motifs is 1. The lowest BCUT2D eigenvalue weighted by Crippen LogP contribution is -2.28. The minimum atomic E-state index is -0.234. The standard InChI is InChI=1S/C23H27N5O3/c1-3-31-14-6-12-27-20-8-5-4-7-18(20)25-22(27)26-21(29)17-9-10-19(16(2)15-17)28-13-11-24-23(28)30/h4-5,7-10,15H,3,6,11-14H2,1-2H3,(H,24,30)(H,25,26,29). The van der Waals surface area contributed by atoms with Crippen molar-refractivity contribution in [3.05, 3.63) is 53.6 Å². The summed E-state index contributed by atoms with van der Waals surface area (Å²) in [5, 5.41) is 5.76. The first-order valence-electron chi connectivity index (χ1n) is 10.6. The van der Waals surface area contributed by atoms with Gasteiger partial charge in [-0.05, 0) is 56.2 Å². The Hall–Kier alpha value is -3.39. The molecule has 31 heavy (non-hydrogen) atoms. The summed E-state index contributed by atoms with van der Waals surface area (Å²) < 4.78 is 7.47. The van der Waals surface area contributed by atoms with Gasteiger partial charge in [-0.1, -0.05) is 12.1 Å². The number of nitrogens with one attached hydrogen (secondary N) is 2. The van der Waals surface area contributed by atoms with Crippen LogP contribution in [0.1, 0.15) is 29.3 Å². The first-order chi connectivity index (χ1) is 15.1. The summed E-state index contributed by atoms with van der Waals surface area (Å²) in [7, 11) is 0. The Morgan fingerprint density at radius 2 is 2.10 bits per heavy atom. The minimum Gasteiger partial charge on any atom is -0.382 e. The third-order valence-electron chi connectivity index (χ3n) is 5.36. The molecule has 0 saturated carbocycles. The molecule has 8 heteroatoms. The van der Waals surface area contributed by atoms with Crippen LogP contribution < -0.4 is 15.5 Å². The molecule has 0 atom stereocenters. The topological polar surface area (TPSA) is 88.5 Å². The molecule has 0 bridgehead atoms. The van der Waals surface area contributed by atoms with Gasteiger partial charge in [0, 0.05) is 44.1 Å². The van der Waals surface area contributed by atoms with Crippen LogP contribution in [0.15, 0.2) is 42.5 Å². The Morgan fingerprint density at radius 1 is 1.26 bits per heavy atom. The molecule has 0 radical (unpaired) electrons. The summed E-state index contributed by atoms with van der Waals surface area (Å²) in [5.41, 5.74) is 4.01. The summed E-state index contributed by atoms with van der Waals surface area (Å²) in [6.07, 6.45) is 0.822. The van der Waals surface area contributed by atoms with Gasteiger partial charge in [-0.3, -0.25) is 15.0 Å². The van der Waals surface area contributed by atoms with Crippen LogP contribution in [-0.2, 0) is 11.3 Å². The first kappa shape index (κ1) is 20.9. The lowest BCUT2D eigenvalue weighted by Gasteiger charge is -2.17. The van der Waals surface area contributed by atoms with Crippen molar-refractivity contribution >= 4 is 34.6 Å². The number of hydrogen-bond acceptors (Lipinski definition) is 4. The molecular weight excluding hydrogens is 394 g/mol. The van der Waals surface area contributed by atoms with Crippen molar-refractivity contribution in [2.45, 2.75) is 26.8 Å². The predicted molar refractivity (Wildman–Crippen MR) is 121 cm³/mol. The molecule has 3 amide bonds. The number of ether oxygens (including phenoxy) is 1. The molecule has 4 rings (SSSR count). The van der Waals surface area contributed by atoms with E-state index >= 15 is 0 Å². The number of benzene rings is 2. The van der Waals surface area contributed by atoms with E-state index in [-0.39, 0.29) is 11.9 Å². The number of imidazole rings is 1. The van der Waals surface area contributed by atoms with Crippen molar-refractivity contribution in [2.24, 2.45) is 0 Å².